The average molecular weight is 297 g/mol. The summed E-state index contributed by atoms with van der Waals surface area (Å²) in [6.45, 7) is 5.62. The van der Waals surface area contributed by atoms with Crippen LogP contribution in [0.2, 0.25) is 0 Å². The van der Waals surface area contributed by atoms with Gasteiger partial charge in [0.25, 0.3) is 0 Å². The van der Waals surface area contributed by atoms with Gasteiger partial charge in [-0.15, -0.1) is 0 Å². The molecule has 1 heterocycles. The Bertz CT molecular complexity index is 220. The summed E-state index contributed by atoms with van der Waals surface area (Å²) in [7, 11) is 0. The van der Waals surface area contributed by atoms with E-state index in [1.54, 1.807) is 0 Å². The third kappa shape index (κ3) is 10.3. The van der Waals surface area contributed by atoms with Crippen LogP contribution in [-0.2, 0) is 4.74 Å². The second-order valence-corrected chi connectivity index (χ2v) is 7.21. The summed E-state index contributed by atoms with van der Waals surface area (Å²) in [4.78, 5) is 0. The highest BCUT2D eigenvalue weighted by Gasteiger charge is 2.42. The standard InChI is InChI=1S/C20H40O/c1-3-5-7-8-9-10-11-12-13-14-15-16-18-20(19-21-20)17-6-4-2/h3-19H2,1-2H3. The summed E-state index contributed by atoms with van der Waals surface area (Å²) in [6, 6.07) is 0. The molecule has 1 nitrogen and oxygen atoms in total. The largest absolute Gasteiger partial charge is 0.370 e. The Kier molecular flexibility index (Phi) is 11.3. The van der Waals surface area contributed by atoms with Gasteiger partial charge in [0.15, 0.2) is 0 Å². The van der Waals surface area contributed by atoms with E-state index >= 15 is 0 Å². The zero-order valence-corrected chi connectivity index (χ0v) is 14.9. The van der Waals surface area contributed by atoms with E-state index in [0.29, 0.717) is 5.60 Å². The van der Waals surface area contributed by atoms with Crippen LogP contribution in [0.5, 0.6) is 0 Å². The summed E-state index contributed by atoms with van der Waals surface area (Å²) in [6.07, 6.45) is 22.6. The van der Waals surface area contributed by atoms with Gasteiger partial charge in [0.05, 0.1) is 12.2 Å². The summed E-state index contributed by atoms with van der Waals surface area (Å²) in [5, 5.41) is 0. The molecule has 1 heteroatoms. The van der Waals surface area contributed by atoms with Crippen LogP contribution in [0.3, 0.4) is 0 Å². The van der Waals surface area contributed by atoms with Gasteiger partial charge in [0.2, 0.25) is 0 Å². The van der Waals surface area contributed by atoms with Gasteiger partial charge in [-0.1, -0.05) is 104 Å². The van der Waals surface area contributed by atoms with Crippen molar-refractivity contribution in [1.82, 2.24) is 0 Å². The van der Waals surface area contributed by atoms with E-state index in [1.807, 2.05) is 0 Å². The van der Waals surface area contributed by atoms with E-state index in [4.69, 9.17) is 4.74 Å². The molecule has 0 aromatic carbocycles. The Hall–Kier alpha value is -0.0400. The fourth-order valence-electron chi connectivity index (χ4n) is 3.30. The fraction of sp³-hybridized carbons (Fsp3) is 1.00. The second kappa shape index (κ2) is 12.5. The van der Waals surface area contributed by atoms with Gasteiger partial charge in [0.1, 0.15) is 0 Å². The van der Waals surface area contributed by atoms with Crippen molar-refractivity contribution in [3.8, 4) is 0 Å². The summed E-state index contributed by atoms with van der Waals surface area (Å²) in [5.74, 6) is 0. The van der Waals surface area contributed by atoms with Gasteiger partial charge in [-0.2, -0.15) is 0 Å². The van der Waals surface area contributed by atoms with E-state index in [2.05, 4.69) is 13.8 Å². The third-order valence-corrected chi connectivity index (χ3v) is 5.02. The molecular formula is C20H40O. The number of rotatable bonds is 16. The number of unbranched alkanes of at least 4 members (excludes halogenated alkanes) is 12. The maximum Gasteiger partial charge on any atom is 0.0916 e. The molecule has 0 amide bonds. The zero-order chi connectivity index (χ0) is 15.2. The number of epoxide rings is 1. The minimum Gasteiger partial charge on any atom is -0.370 e. The Morgan fingerprint density at radius 2 is 0.952 bits per heavy atom. The van der Waals surface area contributed by atoms with Gasteiger partial charge >= 0.3 is 0 Å². The van der Waals surface area contributed by atoms with E-state index in [9.17, 15) is 0 Å². The number of hydrogen-bond acceptors (Lipinski definition) is 1. The first kappa shape index (κ1) is 19.0. The molecule has 0 saturated carbocycles. The second-order valence-electron chi connectivity index (χ2n) is 7.21. The van der Waals surface area contributed by atoms with Crippen LogP contribution in [0, 0.1) is 0 Å². The van der Waals surface area contributed by atoms with E-state index < -0.39 is 0 Å². The van der Waals surface area contributed by atoms with Gasteiger partial charge < -0.3 is 4.74 Å². The molecule has 1 rings (SSSR count). The first-order valence-corrected chi connectivity index (χ1v) is 9.97. The molecule has 0 aliphatic carbocycles. The molecule has 0 bridgehead atoms. The van der Waals surface area contributed by atoms with Crippen LogP contribution in [0.1, 0.15) is 117 Å². The SMILES string of the molecule is CCCCCCCCCCCCCCC1(CCCC)CO1. The highest BCUT2D eigenvalue weighted by molar-refractivity contribution is 4.91. The van der Waals surface area contributed by atoms with Crippen LogP contribution in [0.15, 0.2) is 0 Å². The van der Waals surface area contributed by atoms with E-state index in [0.717, 1.165) is 6.61 Å². The smallest absolute Gasteiger partial charge is 0.0916 e. The predicted octanol–water partition coefficient (Wildman–Crippen LogP) is 7.04. The van der Waals surface area contributed by atoms with Crippen molar-refractivity contribution in [2.24, 2.45) is 0 Å². The van der Waals surface area contributed by atoms with E-state index in [-0.39, 0.29) is 0 Å². The monoisotopic (exact) mass is 296 g/mol. The van der Waals surface area contributed by atoms with Crippen molar-refractivity contribution in [2.75, 3.05) is 6.61 Å². The fourth-order valence-corrected chi connectivity index (χ4v) is 3.30. The molecule has 0 aromatic rings. The number of hydrogen-bond donors (Lipinski definition) is 0. The molecule has 1 unspecified atom stereocenters. The summed E-state index contributed by atoms with van der Waals surface area (Å²) in [5.41, 5.74) is 0.342. The van der Waals surface area contributed by atoms with E-state index in [1.165, 1.54) is 103 Å². The quantitative estimate of drug-likeness (QED) is 0.220. The molecule has 126 valence electrons. The predicted molar refractivity (Wildman–Crippen MR) is 93.9 cm³/mol. The van der Waals surface area contributed by atoms with Crippen LogP contribution >= 0.6 is 0 Å². The molecule has 1 aliphatic rings. The highest BCUT2D eigenvalue weighted by Crippen LogP contribution is 2.37. The molecule has 0 spiro atoms. The lowest BCUT2D eigenvalue weighted by atomic mass is 9.95. The third-order valence-electron chi connectivity index (χ3n) is 5.02. The summed E-state index contributed by atoms with van der Waals surface area (Å²) >= 11 is 0. The van der Waals surface area contributed by atoms with Gasteiger partial charge in [-0.25, -0.2) is 0 Å². The first-order chi connectivity index (χ1) is 10.3. The Balaban J connectivity index is 1.75. The number of ether oxygens (including phenoxy) is 1. The van der Waals surface area contributed by atoms with Crippen molar-refractivity contribution in [3.05, 3.63) is 0 Å². The molecule has 1 saturated heterocycles. The maximum absolute atomic E-state index is 5.70. The van der Waals surface area contributed by atoms with Crippen molar-refractivity contribution in [1.29, 1.82) is 0 Å². The molecule has 0 N–H and O–H groups in total. The Labute approximate surface area is 134 Å². The molecule has 1 aliphatic heterocycles. The van der Waals surface area contributed by atoms with Crippen LogP contribution in [-0.4, -0.2) is 12.2 Å². The minimum absolute atomic E-state index is 0.342. The lowest BCUT2D eigenvalue weighted by molar-refractivity contribution is 0.262. The normalized spacial score (nSPS) is 20.9. The molecule has 1 fully saturated rings. The minimum atomic E-state index is 0.342. The van der Waals surface area contributed by atoms with Crippen LogP contribution < -0.4 is 0 Å². The first-order valence-electron chi connectivity index (χ1n) is 9.97. The molecule has 0 aromatic heterocycles. The summed E-state index contributed by atoms with van der Waals surface area (Å²) < 4.78 is 5.70. The Morgan fingerprint density at radius 3 is 1.38 bits per heavy atom. The van der Waals surface area contributed by atoms with Crippen LogP contribution in [0.4, 0.5) is 0 Å². The van der Waals surface area contributed by atoms with Crippen LogP contribution in [0.25, 0.3) is 0 Å². The van der Waals surface area contributed by atoms with Gasteiger partial charge in [-0.3, -0.25) is 0 Å². The van der Waals surface area contributed by atoms with Gasteiger partial charge in [-0.05, 0) is 12.8 Å². The van der Waals surface area contributed by atoms with Crippen molar-refractivity contribution in [2.45, 2.75) is 122 Å². The van der Waals surface area contributed by atoms with Gasteiger partial charge in [0, 0.05) is 0 Å². The molecule has 1 atom stereocenters. The maximum atomic E-state index is 5.70. The van der Waals surface area contributed by atoms with Crippen molar-refractivity contribution >= 4 is 0 Å². The lowest BCUT2D eigenvalue weighted by Gasteiger charge is -2.10. The lowest BCUT2D eigenvalue weighted by Crippen LogP contribution is -2.10. The molecule has 21 heavy (non-hydrogen) atoms. The van der Waals surface area contributed by atoms with Crippen molar-refractivity contribution < 1.29 is 4.74 Å². The van der Waals surface area contributed by atoms with Crippen molar-refractivity contribution in [3.63, 3.8) is 0 Å². The molecule has 0 radical (unpaired) electrons. The average Bonchev–Trinajstić information content (AvgIpc) is 3.27. The highest BCUT2D eigenvalue weighted by atomic mass is 16.6. The topological polar surface area (TPSA) is 12.5 Å². The molecular weight excluding hydrogens is 256 g/mol. The Morgan fingerprint density at radius 1 is 0.571 bits per heavy atom. The zero-order valence-electron chi connectivity index (χ0n) is 14.9.